The zero-order chi connectivity index (χ0) is 24.1. The van der Waals surface area contributed by atoms with E-state index >= 15 is 0 Å². The third kappa shape index (κ3) is 5.50. The Morgan fingerprint density at radius 1 is 1.00 bits per heavy atom. The molecule has 3 aromatic carbocycles. The molecule has 0 aliphatic carbocycles. The zero-order valence-corrected chi connectivity index (χ0v) is 20.2. The third-order valence-corrected chi connectivity index (χ3v) is 8.14. The number of carbonyl (C=O) groups is 1. The Bertz CT molecular complexity index is 1240. The highest BCUT2D eigenvalue weighted by molar-refractivity contribution is 7.89. The van der Waals surface area contributed by atoms with Crippen molar-refractivity contribution in [2.45, 2.75) is 30.3 Å². The second kappa shape index (κ2) is 10.7. The van der Waals surface area contributed by atoms with Gasteiger partial charge in [0.2, 0.25) is 10.0 Å². The minimum atomic E-state index is -3.44. The van der Waals surface area contributed by atoms with Gasteiger partial charge in [0.05, 0.1) is 4.90 Å². The van der Waals surface area contributed by atoms with E-state index in [1.54, 1.807) is 54.6 Å². The number of benzene rings is 3. The molecule has 6 nitrogen and oxygen atoms in total. The molecule has 1 saturated heterocycles. The summed E-state index contributed by atoms with van der Waals surface area (Å²) < 4.78 is 26.8. The smallest absolute Gasteiger partial charge is 0.251 e. The van der Waals surface area contributed by atoms with E-state index in [2.05, 4.69) is 5.32 Å². The lowest BCUT2D eigenvalue weighted by Crippen LogP contribution is -2.28. The minimum absolute atomic E-state index is 0.292. The molecule has 8 heteroatoms. The molecule has 1 unspecified atom stereocenters. The number of aliphatic hydroxyl groups excluding tert-OH is 1. The molecule has 1 aliphatic rings. The summed E-state index contributed by atoms with van der Waals surface area (Å²) in [6.07, 6.45) is 1.37. The summed E-state index contributed by atoms with van der Waals surface area (Å²) >= 11 is 6.13. The number of sulfonamides is 1. The van der Waals surface area contributed by atoms with Crippen molar-refractivity contribution in [3.8, 4) is 0 Å². The molecular weight excluding hydrogens is 472 g/mol. The van der Waals surface area contributed by atoms with Crippen LogP contribution in [-0.2, 0) is 16.4 Å². The molecule has 3 aromatic rings. The van der Waals surface area contributed by atoms with E-state index in [0.29, 0.717) is 52.7 Å². The maximum absolute atomic E-state index is 12.9. The van der Waals surface area contributed by atoms with Gasteiger partial charge in [0, 0.05) is 30.2 Å². The average molecular weight is 499 g/mol. The van der Waals surface area contributed by atoms with Gasteiger partial charge in [0.1, 0.15) is 6.10 Å². The molecule has 34 heavy (non-hydrogen) atoms. The topological polar surface area (TPSA) is 86.7 Å². The van der Waals surface area contributed by atoms with Crippen molar-refractivity contribution >= 4 is 27.5 Å². The lowest BCUT2D eigenvalue weighted by molar-refractivity contribution is 0.0949. The lowest BCUT2D eigenvalue weighted by Gasteiger charge is -2.17. The number of aliphatic hydroxyl groups is 1. The first kappa shape index (κ1) is 24.4. The highest BCUT2D eigenvalue weighted by Gasteiger charge is 2.27. The molecule has 4 rings (SSSR count). The summed E-state index contributed by atoms with van der Waals surface area (Å²) in [6, 6.07) is 20.8. The Labute approximate surface area is 205 Å². The number of halogens is 1. The second-order valence-corrected chi connectivity index (χ2v) is 10.7. The molecule has 0 radical (unpaired) electrons. The van der Waals surface area contributed by atoms with E-state index < -0.39 is 16.1 Å². The number of hydrogen-bond donors (Lipinski definition) is 2. The first-order chi connectivity index (χ1) is 16.4. The molecule has 1 fully saturated rings. The molecule has 178 valence electrons. The van der Waals surface area contributed by atoms with Crippen LogP contribution in [0.1, 0.15) is 46.0 Å². The Balaban J connectivity index is 1.40. The van der Waals surface area contributed by atoms with Gasteiger partial charge in [-0.05, 0) is 60.2 Å². The Hall–Kier alpha value is -2.71. The molecule has 0 aromatic heterocycles. The fourth-order valence-electron chi connectivity index (χ4n) is 4.10. The van der Waals surface area contributed by atoms with Gasteiger partial charge in [0.15, 0.2) is 0 Å². The summed E-state index contributed by atoms with van der Waals surface area (Å²) in [5, 5.41) is 14.1. The van der Waals surface area contributed by atoms with Crippen molar-refractivity contribution in [3.63, 3.8) is 0 Å². The summed E-state index contributed by atoms with van der Waals surface area (Å²) in [5.41, 5.74) is 2.39. The summed E-state index contributed by atoms with van der Waals surface area (Å²) in [7, 11) is -3.44. The third-order valence-electron chi connectivity index (χ3n) is 6.00. The van der Waals surface area contributed by atoms with Crippen LogP contribution in [0.2, 0.25) is 5.02 Å². The number of hydrogen-bond acceptors (Lipinski definition) is 4. The SMILES string of the molecule is O=C(NCCc1ccc(S(=O)(=O)N2CCCC2)cc1)c1cc(Cl)ccc1C(O)c1ccccc1. The lowest BCUT2D eigenvalue weighted by atomic mass is 9.96. The van der Waals surface area contributed by atoms with Crippen LogP contribution in [0.15, 0.2) is 77.7 Å². The van der Waals surface area contributed by atoms with Crippen LogP contribution in [0.4, 0.5) is 0 Å². The van der Waals surface area contributed by atoms with Crippen LogP contribution in [0.5, 0.6) is 0 Å². The number of carbonyl (C=O) groups excluding carboxylic acids is 1. The molecule has 1 atom stereocenters. The first-order valence-corrected chi connectivity index (χ1v) is 13.1. The van der Waals surface area contributed by atoms with Gasteiger partial charge in [-0.25, -0.2) is 8.42 Å². The quantitative estimate of drug-likeness (QED) is 0.488. The van der Waals surface area contributed by atoms with E-state index in [1.165, 1.54) is 4.31 Å². The van der Waals surface area contributed by atoms with Crippen molar-refractivity contribution < 1.29 is 18.3 Å². The molecular formula is C26H27ClN2O4S. The van der Waals surface area contributed by atoms with E-state index in [4.69, 9.17) is 11.6 Å². The standard InChI is InChI=1S/C26H27ClN2O4S/c27-21-10-13-23(25(30)20-6-2-1-3-7-20)24(18-21)26(31)28-15-14-19-8-11-22(12-9-19)34(32,33)29-16-4-5-17-29/h1-3,6-13,18,25,30H,4-5,14-17H2,(H,28,31). The van der Waals surface area contributed by atoms with Crippen molar-refractivity contribution in [1.82, 2.24) is 9.62 Å². The minimum Gasteiger partial charge on any atom is -0.384 e. The van der Waals surface area contributed by atoms with Crippen LogP contribution < -0.4 is 5.32 Å². The zero-order valence-electron chi connectivity index (χ0n) is 18.7. The predicted octanol–water partition coefficient (Wildman–Crippen LogP) is 4.18. The second-order valence-electron chi connectivity index (χ2n) is 8.31. The van der Waals surface area contributed by atoms with E-state index in [-0.39, 0.29) is 5.91 Å². The van der Waals surface area contributed by atoms with Crippen LogP contribution in [0, 0.1) is 0 Å². The molecule has 0 saturated carbocycles. The Morgan fingerprint density at radius 2 is 1.68 bits per heavy atom. The van der Waals surface area contributed by atoms with Gasteiger partial charge in [-0.15, -0.1) is 0 Å². The summed E-state index contributed by atoms with van der Waals surface area (Å²) in [4.78, 5) is 13.2. The van der Waals surface area contributed by atoms with E-state index in [1.807, 2.05) is 18.2 Å². The maximum atomic E-state index is 12.9. The van der Waals surface area contributed by atoms with Crippen LogP contribution >= 0.6 is 11.6 Å². The first-order valence-electron chi connectivity index (χ1n) is 11.3. The monoisotopic (exact) mass is 498 g/mol. The van der Waals surface area contributed by atoms with Crippen molar-refractivity contribution in [1.29, 1.82) is 0 Å². The number of nitrogens with one attached hydrogen (secondary N) is 1. The molecule has 0 bridgehead atoms. The fraction of sp³-hybridized carbons (Fsp3) is 0.269. The normalized spacial score (nSPS) is 15.2. The van der Waals surface area contributed by atoms with Crippen molar-refractivity contribution in [2.24, 2.45) is 0 Å². The highest BCUT2D eigenvalue weighted by atomic mass is 35.5. The fourth-order valence-corrected chi connectivity index (χ4v) is 5.79. The molecule has 1 heterocycles. The highest BCUT2D eigenvalue weighted by Crippen LogP contribution is 2.27. The number of amides is 1. The molecule has 2 N–H and O–H groups in total. The average Bonchev–Trinajstić information content (AvgIpc) is 3.40. The summed E-state index contributed by atoms with van der Waals surface area (Å²) in [6.45, 7) is 1.49. The Kier molecular flexibility index (Phi) is 7.68. The van der Waals surface area contributed by atoms with Gasteiger partial charge in [0.25, 0.3) is 5.91 Å². The molecule has 1 amide bonds. The van der Waals surface area contributed by atoms with Crippen LogP contribution in [-0.4, -0.2) is 43.4 Å². The van der Waals surface area contributed by atoms with Crippen LogP contribution in [0.25, 0.3) is 0 Å². The Morgan fingerprint density at radius 3 is 2.35 bits per heavy atom. The van der Waals surface area contributed by atoms with E-state index in [9.17, 15) is 18.3 Å². The van der Waals surface area contributed by atoms with Crippen LogP contribution in [0.3, 0.4) is 0 Å². The number of nitrogens with zero attached hydrogens (tertiary/aromatic N) is 1. The molecule has 0 spiro atoms. The largest absolute Gasteiger partial charge is 0.384 e. The van der Waals surface area contributed by atoms with E-state index in [0.717, 1.165) is 18.4 Å². The van der Waals surface area contributed by atoms with Gasteiger partial charge >= 0.3 is 0 Å². The predicted molar refractivity (Wildman–Crippen MR) is 132 cm³/mol. The van der Waals surface area contributed by atoms with Crippen molar-refractivity contribution in [2.75, 3.05) is 19.6 Å². The van der Waals surface area contributed by atoms with Gasteiger partial charge in [-0.1, -0.05) is 60.1 Å². The van der Waals surface area contributed by atoms with Crippen molar-refractivity contribution in [3.05, 3.63) is 100 Å². The maximum Gasteiger partial charge on any atom is 0.251 e. The van der Waals surface area contributed by atoms with Gasteiger partial charge in [-0.3, -0.25) is 4.79 Å². The number of rotatable bonds is 8. The molecule has 1 aliphatic heterocycles. The van der Waals surface area contributed by atoms with Gasteiger partial charge in [-0.2, -0.15) is 4.31 Å². The summed E-state index contributed by atoms with van der Waals surface area (Å²) in [5.74, 6) is -0.333. The van der Waals surface area contributed by atoms with Gasteiger partial charge < -0.3 is 10.4 Å².